The van der Waals surface area contributed by atoms with E-state index >= 15 is 0 Å². The molecule has 0 amide bonds. The third-order valence-electron chi connectivity index (χ3n) is 2.22. The summed E-state index contributed by atoms with van der Waals surface area (Å²) in [5.41, 5.74) is 6.77. The van der Waals surface area contributed by atoms with E-state index in [0.717, 1.165) is 10.0 Å². The largest absolute Gasteiger partial charge is 0.479 e. The van der Waals surface area contributed by atoms with E-state index in [4.69, 9.17) is 15.9 Å². The zero-order valence-corrected chi connectivity index (χ0v) is 10.2. The van der Waals surface area contributed by atoms with E-state index in [0.29, 0.717) is 6.42 Å². The molecule has 1 unspecified atom stereocenters. The quantitative estimate of drug-likeness (QED) is 0.759. The number of aliphatic hydroxyl groups is 1. The average molecular weight is 288 g/mol. The molecule has 0 spiro atoms. The lowest BCUT2D eigenvalue weighted by Crippen LogP contribution is -2.32. The second kappa shape index (κ2) is 5.98. The molecule has 0 heterocycles. The van der Waals surface area contributed by atoms with Gasteiger partial charge in [0.1, 0.15) is 0 Å². The fourth-order valence-electron chi connectivity index (χ4n) is 1.39. The molecule has 0 fully saturated rings. The molecule has 0 saturated carbocycles. The number of nitrogens with two attached hydrogens (primary N) is 1. The Hall–Kier alpha value is -0.910. The predicted molar refractivity (Wildman–Crippen MR) is 64.1 cm³/mol. The Bertz CT molecular complexity index is 353. The number of hydrogen-bond donors (Lipinski definition) is 3. The van der Waals surface area contributed by atoms with Crippen molar-refractivity contribution in [1.82, 2.24) is 0 Å². The fraction of sp³-hybridized carbons (Fsp3) is 0.364. The standard InChI is InChI=1S/C11H14BrNO3/c12-8-3-1-7(2-4-8)5-9(13)6-10(14)11(15)16/h1-4,9-10,14H,5-6,13H2,(H,15,16)/t9-,10?/m1/s1. The zero-order valence-electron chi connectivity index (χ0n) is 8.64. The fourth-order valence-corrected chi connectivity index (χ4v) is 1.66. The van der Waals surface area contributed by atoms with Gasteiger partial charge in [-0.25, -0.2) is 4.79 Å². The molecule has 1 rings (SSSR count). The van der Waals surface area contributed by atoms with Crippen molar-refractivity contribution < 1.29 is 15.0 Å². The normalized spacial score (nSPS) is 14.4. The minimum absolute atomic E-state index is 0.0609. The number of aliphatic carboxylic acids is 1. The second-order valence-corrected chi connectivity index (χ2v) is 4.60. The van der Waals surface area contributed by atoms with Gasteiger partial charge in [-0.3, -0.25) is 0 Å². The first-order chi connectivity index (χ1) is 7.49. The van der Waals surface area contributed by atoms with E-state index in [-0.39, 0.29) is 12.5 Å². The number of rotatable bonds is 5. The first-order valence-electron chi connectivity index (χ1n) is 4.90. The summed E-state index contributed by atoms with van der Waals surface area (Å²) in [7, 11) is 0. The second-order valence-electron chi connectivity index (χ2n) is 3.68. The van der Waals surface area contributed by atoms with Gasteiger partial charge in [0.15, 0.2) is 6.10 Å². The lowest BCUT2D eigenvalue weighted by atomic mass is 10.0. The van der Waals surface area contributed by atoms with Crippen molar-refractivity contribution in [2.24, 2.45) is 5.73 Å². The molecule has 0 radical (unpaired) electrons. The van der Waals surface area contributed by atoms with E-state index in [1.165, 1.54) is 0 Å². The third kappa shape index (κ3) is 4.30. The highest BCUT2D eigenvalue weighted by Crippen LogP contribution is 2.12. The molecule has 16 heavy (non-hydrogen) atoms. The van der Waals surface area contributed by atoms with Crippen LogP contribution in [-0.2, 0) is 11.2 Å². The number of hydrogen-bond acceptors (Lipinski definition) is 3. The van der Waals surface area contributed by atoms with Gasteiger partial charge >= 0.3 is 5.97 Å². The summed E-state index contributed by atoms with van der Waals surface area (Å²) in [6.07, 6.45) is -0.770. The van der Waals surface area contributed by atoms with Crippen molar-refractivity contribution in [3.63, 3.8) is 0 Å². The van der Waals surface area contributed by atoms with Crippen molar-refractivity contribution in [1.29, 1.82) is 0 Å². The van der Waals surface area contributed by atoms with Gasteiger partial charge in [0.05, 0.1) is 0 Å². The van der Waals surface area contributed by atoms with Gasteiger partial charge in [0, 0.05) is 10.5 Å². The molecule has 0 aromatic heterocycles. The van der Waals surface area contributed by atoms with Gasteiger partial charge in [0.25, 0.3) is 0 Å². The first kappa shape index (κ1) is 13.2. The maximum Gasteiger partial charge on any atom is 0.332 e. The molecule has 1 aromatic carbocycles. The van der Waals surface area contributed by atoms with Gasteiger partial charge in [-0.2, -0.15) is 0 Å². The minimum Gasteiger partial charge on any atom is -0.479 e. The van der Waals surface area contributed by atoms with Crippen LogP contribution in [0.25, 0.3) is 0 Å². The number of carboxylic acid groups (broad SMARTS) is 1. The highest BCUT2D eigenvalue weighted by molar-refractivity contribution is 9.10. The van der Waals surface area contributed by atoms with Crippen LogP contribution in [0, 0.1) is 0 Å². The summed E-state index contributed by atoms with van der Waals surface area (Å²) >= 11 is 3.32. The average Bonchev–Trinajstić information content (AvgIpc) is 2.21. The van der Waals surface area contributed by atoms with Crippen LogP contribution in [0.3, 0.4) is 0 Å². The Labute approximate surface area is 102 Å². The minimum atomic E-state index is -1.38. The van der Waals surface area contributed by atoms with Crippen LogP contribution in [0.4, 0.5) is 0 Å². The highest BCUT2D eigenvalue weighted by Gasteiger charge is 2.17. The monoisotopic (exact) mass is 287 g/mol. The molecule has 5 heteroatoms. The van der Waals surface area contributed by atoms with Gasteiger partial charge < -0.3 is 15.9 Å². The Balaban J connectivity index is 2.48. The summed E-state index contributed by atoms with van der Waals surface area (Å²) in [5.74, 6) is -1.23. The van der Waals surface area contributed by atoms with E-state index in [1.54, 1.807) is 0 Å². The van der Waals surface area contributed by atoms with Gasteiger partial charge in [0.2, 0.25) is 0 Å². The molecule has 0 aliphatic rings. The van der Waals surface area contributed by atoms with Crippen LogP contribution in [0.15, 0.2) is 28.7 Å². The van der Waals surface area contributed by atoms with Crippen molar-refractivity contribution in [3.8, 4) is 0 Å². The predicted octanol–water partition coefficient (Wildman–Crippen LogP) is 1.15. The van der Waals surface area contributed by atoms with E-state index in [9.17, 15) is 4.79 Å². The molecule has 0 aliphatic heterocycles. The molecule has 2 atom stereocenters. The van der Waals surface area contributed by atoms with Gasteiger partial charge in [-0.15, -0.1) is 0 Å². The SMILES string of the molecule is N[C@H](Cc1ccc(Br)cc1)CC(O)C(=O)O. The Morgan fingerprint density at radius 2 is 1.94 bits per heavy atom. The van der Waals surface area contributed by atoms with Crippen molar-refractivity contribution in [2.75, 3.05) is 0 Å². The van der Waals surface area contributed by atoms with Gasteiger partial charge in [-0.1, -0.05) is 28.1 Å². The van der Waals surface area contributed by atoms with E-state index < -0.39 is 12.1 Å². The van der Waals surface area contributed by atoms with Crippen molar-refractivity contribution in [2.45, 2.75) is 25.0 Å². The van der Waals surface area contributed by atoms with Crippen LogP contribution < -0.4 is 5.73 Å². The Morgan fingerprint density at radius 3 is 2.44 bits per heavy atom. The zero-order chi connectivity index (χ0) is 12.1. The topological polar surface area (TPSA) is 83.5 Å². The number of aliphatic hydroxyl groups excluding tert-OH is 1. The summed E-state index contributed by atoms with van der Waals surface area (Å²) in [6.45, 7) is 0. The number of halogens is 1. The van der Waals surface area contributed by atoms with Crippen LogP contribution in [0.1, 0.15) is 12.0 Å². The molecule has 4 N–H and O–H groups in total. The van der Waals surface area contributed by atoms with Crippen LogP contribution in [0.2, 0.25) is 0 Å². The Kier molecular flexibility index (Phi) is 4.92. The number of carbonyl (C=O) groups is 1. The summed E-state index contributed by atoms with van der Waals surface area (Å²) in [4.78, 5) is 10.4. The molecular weight excluding hydrogens is 274 g/mol. The van der Waals surface area contributed by atoms with E-state index in [2.05, 4.69) is 15.9 Å². The van der Waals surface area contributed by atoms with Crippen LogP contribution in [-0.4, -0.2) is 28.3 Å². The number of benzene rings is 1. The lowest BCUT2D eigenvalue weighted by molar-refractivity contribution is -0.147. The van der Waals surface area contributed by atoms with Crippen LogP contribution >= 0.6 is 15.9 Å². The molecule has 0 bridgehead atoms. The van der Waals surface area contributed by atoms with E-state index in [1.807, 2.05) is 24.3 Å². The Morgan fingerprint density at radius 1 is 1.38 bits per heavy atom. The molecule has 0 aliphatic carbocycles. The number of carboxylic acids is 1. The molecule has 88 valence electrons. The highest BCUT2D eigenvalue weighted by atomic mass is 79.9. The maximum absolute atomic E-state index is 10.4. The summed E-state index contributed by atoms with van der Waals surface area (Å²) < 4.78 is 0.982. The smallest absolute Gasteiger partial charge is 0.332 e. The molecule has 0 saturated heterocycles. The third-order valence-corrected chi connectivity index (χ3v) is 2.75. The maximum atomic E-state index is 10.4. The van der Waals surface area contributed by atoms with Crippen molar-refractivity contribution >= 4 is 21.9 Å². The summed E-state index contributed by atoms with van der Waals surface area (Å²) in [6, 6.07) is 7.27. The van der Waals surface area contributed by atoms with Crippen LogP contribution in [0.5, 0.6) is 0 Å². The summed E-state index contributed by atoms with van der Waals surface area (Å²) in [5, 5.41) is 17.7. The molecule has 4 nitrogen and oxygen atoms in total. The molecular formula is C11H14BrNO3. The lowest BCUT2D eigenvalue weighted by Gasteiger charge is -2.13. The molecule has 1 aromatic rings. The van der Waals surface area contributed by atoms with Crippen molar-refractivity contribution in [3.05, 3.63) is 34.3 Å². The van der Waals surface area contributed by atoms with Gasteiger partial charge in [-0.05, 0) is 30.5 Å². The first-order valence-corrected chi connectivity index (χ1v) is 5.69.